The molecule has 4 nitrogen and oxygen atoms in total. The number of piperidine rings is 1. The summed E-state index contributed by atoms with van der Waals surface area (Å²) in [5.41, 5.74) is 1.81. The third kappa shape index (κ3) is 3.97. The van der Waals surface area contributed by atoms with Crippen LogP contribution in [0.25, 0.3) is 0 Å². The summed E-state index contributed by atoms with van der Waals surface area (Å²) in [6.07, 6.45) is 2.02. The summed E-state index contributed by atoms with van der Waals surface area (Å²) in [6.45, 7) is 6.34. The van der Waals surface area contributed by atoms with E-state index in [9.17, 15) is 4.79 Å². The number of benzene rings is 1. The van der Waals surface area contributed by atoms with Gasteiger partial charge in [0, 0.05) is 6.04 Å². The predicted molar refractivity (Wildman–Crippen MR) is 85.1 cm³/mol. The van der Waals surface area contributed by atoms with Crippen LogP contribution in [0.4, 0.5) is 0 Å². The molecule has 116 valence electrons. The van der Waals surface area contributed by atoms with E-state index in [2.05, 4.69) is 31.1 Å². The van der Waals surface area contributed by atoms with E-state index in [4.69, 9.17) is 4.74 Å². The summed E-state index contributed by atoms with van der Waals surface area (Å²) >= 11 is 0. The molecule has 0 aliphatic carbocycles. The second kappa shape index (κ2) is 6.94. The number of nitrogens with zero attached hydrogens (tertiary/aromatic N) is 1. The van der Waals surface area contributed by atoms with Gasteiger partial charge in [0.2, 0.25) is 0 Å². The smallest absolute Gasteiger partial charge is 0.255 e. The average Bonchev–Trinajstić information content (AvgIpc) is 2.48. The van der Waals surface area contributed by atoms with Crippen molar-refractivity contribution < 1.29 is 9.53 Å². The lowest BCUT2D eigenvalue weighted by Crippen LogP contribution is -2.43. The first kappa shape index (κ1) is 15.8. The topological polar surface area (TPSA) is 41.6 Å². The van der Waals surface area contributed by atoms with Crippen molar-refractivity contribution in [1.29, 1.82) is 0 Å². The standard InChI is InChI=1S/C17H26N2O2/c1-12(2)13-5-6-15(16(11-13)21-4)17(20)18-14-7-9-19(3)10-8-14/h5-6,11-12,14H,7-10H2,1-4H3,(H,18,20). The van der Waals surface area contributed by atoms with E-state index < -0.39 is 0 Å². The number of hydrogen-bond acceptors (Lipinski definition) is 3. The lowest BCUT2D eigenvalue weighted by molar-refractivity contribution is 0.0914. The number of carbonyl (C=O) groups excluding carboxylic acids is 1. The van der Waals surface area contributed by atoms with Crippen molar-refractivity contribution in [3.8, 4) is 5.75 Å². The van der Waals surface area contributed by atoms with E-state index in [1.54, 1.807) is 7.11 Å². The van der Waals surface area contributed by atoms with Crippen LogP contribution in [0.2, 0.25) is 0 Å². The van der Waals surface area contributed by atoms with Gasteiger partial charge in [0.05, 0.1) is 12.7 Å². The number of nitrogens with one attached hydrogen (secondary N) is 1. The lowest BCUT2D eigenvalue weighted by atomic mass is 10.00. The molecule has 1 aliphatic rings. The Morgan fingerprint density at radius 1 is 1.33 bits per heavy atom. The fraction of sp³-hybridized carbons (Fsp3) is 0.588. The SMILES string of the molecule is COc1cc(C(C)C)ccc1C(=O)NC1CCN(C)CC1. The minimum absolute atomic E-state index is 0.0308. The maximum Gasteiger partial charge on any atom is 0.255 e. The minimum Gasteiger partial charge on any atom is -0.496 e. The van der Waals surface area contributed by atoms with E-state index in [1.165, 1.54) is 5.56 Å². The monoisotopic (exact) mass is 290 g/mol. The Hall–Kier alpha value is -1.55. The third-order valence-corrected chi connectivity index (χ3v) is 4.19. The van der Waals surface area contributed by atoms with Crippen LogP contribution in [0.1, 0.15) is 48.5 Å². The molecule has 21 heavy (non-hydrogen) atoms. The highest BCUT2D eigenvalue weighted by atomic mass is 16.5. The summed E-state index contributed by atoms with van der Waals surface area (Å²) in [6, 6.07) is 6.12. The molecule has 0 saturated carbocycles. The van der Waals surface area contributed by atoms with Crippen molar-refractivity contribution in [3.63, 3.8) is 0 Å². The molecule has 1 aromatic carbocycles. The maximum atomic E-state index is 12.5. The van der Waals surface area contributed by atoms with Crippen LogP contribution >= 0.6 is 0 Å². The molecule has 2 rings (SSSR count). The minimum atomic E-state index is -0.0308. The maximum absolute atomic E-state index is 12.5. The van der Waals surface area contributed by atoms with Crippen LogP contribution < -0.4 is 10.1 Å². The highest BCUT2D eigenvalue weighted by molar-refractivity contribution is 5.97. The van der Waals surface area contributed by atoms with Crippen LogP contribution in [-0.2, 0) is 0 Å². The summed E-state index contributed by atoms with van der Waals surface area (Å²) in [5.74, 6) is 1.05. The first-order valence-electron chi connectivity index (χ1n) is 7.68. The molecule has 0 atom stereocenters. The molecule has 0 unspecified atom stereocenters. The molecule has 0 bridgehead atoms. The second-order valence-corrected chi connectivity index (χ2v) is 6.17. The van der Waals surface area contributed by atoms with Crippen LogP contribution in [-0.4, -0.2) is 44.1 Å². The molecule has 0 aromatic heterocycles. The van der Waals surface area contributed by atoms with Crippen molar-refractivity contribution in [3.05, 3.63) is 29.3 Å². The number of rotatable bonds is 4. The molecule has 1 aromatic rings. The Kier molecular flexibility index (Phi) is 5.23. The summed E-state index contributed by atoms with van der Waals surface area (Å²) in [7, 11) is 3.73. The molecule has 1 aliphatic heterocycles. The van der Waals surface area contributed by atoms with Gasteiger partial charge in [-0.3, -0.25) is 4.79 Å². The first-order chi connectivity index (χ1) is 10.0. The quantitative estimate of drug-likeness (QED) is 0.927. The zero-order chi connectivity index (χ0) is 15.4. The molecular weight excluding hydrogens is 264 g/mol. The molecule has 1 amide bonds. The first-order valence-corrected chi connectivity index (χ1v) is 7.68. The third-order valence-electron chi connectivity index (χ3n) is 4.19. The largest absolute Gasteiger partial charge is 0.496 e. The molecule has 1 heterocycles. The van der Waals surface area contributed by atoms with Gasteiger partial charge in [-0.05, 0) is 56.6 Å². The average molecular weight is 290 g/mol. The summed E-state index contributed by atoms with van der Waals surface area (Å²) < 4.78 is 5.39. The van der Waals surface area contributed by atoms with Crippen LogP contribution in [0, 0.1) is 0 Å². The lowest BCUT2D eigenvalue weighted by Gasteiger charge is -2.29. The number of methoxy groups -OCH3 is 1. The summed E-state index contributed by atoms with van der Waals surface area (Å²) in [5, 5.41) is 3.13. The number of carbonyl (C=O) groups is 1. The van der Waals surface area contributed by atoms with Crippen LogP contribution in [0.5, 0.6) is 5.75 Å². The van der Waals surface area contributed by atoms with E-state index in [0.717, 1.165) is 25.9 Å². The van der Waals surface area contributed by atoms with Crippen molar-refractivity contribution in [2.75, 3.05) is 27.2 Å². The van der Waals surface area contributed by atoms with Crippen LogP contribution in [0.3, 0.4) is 0 Å². The van der Waals surface area contributed by atoms with Crippen molar-refractivity contribution >= 4 is 5.91 Å². The molecular formula is C17H26N2O2. The molecule has 1 fully saturated rings. The number of likely N-dealkylation sites (tertiary alicyclic amines) is 1. The van der Waals surface area contributed by atoms with Crippen molar-refractivity contribution in [2.24, 2.45) is 0 Å². The van der Waals surface area contributed by atoms with Gasteiger partial charge in [0.15, 0.2) is 0 Å². The van der Waals surface area contributed by atoms with Gasteiger partial charge in [0.1, 0.15) is 5.75 Å². The van der Waals surface area contributed by atoms with Gasteiger partial charge in [-0.15, -0.1) is 0 Å². The Morgan fingerprint density at radius 2 is 2.00 bits per heavy atom. The highest BCUT2D eigenvalue weighted by Gasteiger charge is 2.21. The van der Waals surface area contributed by atoms with E-state index in [0.29, 0.717) is 17.2 Å². The Morgan fingerprint density at radius 3 is 2.57 bits per heavy atom. The van der Waals surface area contributed by atoms with Gasteiger partial charge in [-0.1, -0.05) is 19.9 Å². The van der Waals surface area contributed by atoms with Crippen molar-refractivity contribution in [2.45, 2.75) is 38.6 Å². The molecule has 0 spiro atoms. The van der Waals surface area contributed by atoms with Crippen molar-refractivity contribution in [1.82, 2.24) is 10.2 Å². The second-order valence-electron chi connectivity index (χ2n) is 6.17. The van der Waals surface area contributed by atoms with E-state index in [-0.39, 0.29) is 11.9 Å². The molecule has 4 heteroatoms. The number of amides is 1. The van der Waals surface area contributed by atoms with Gasteiger partial charge in [0.25, 0.3) is 5.91 Å². The predicted octanol–water partition coefficient (Wildman–Crippen LogP) is 2.64. The van der Waals surface area contributed by atoms with Gasteiger partial charge < -0.3 is 15.0 Å². The number of ether oxygens (including phenoxy) is 1. The number of hydrogen-bond donors (Lipinski definition) is 1. The Bertz CT molecular complexity index is 492. The summed E-state index contributed by atoms with van der Waals surface area (Å²) in [4.78, 5) is 14.7. The zero-order valence-corrected chi connectivity index (χ0v) is 13.5. The normalized spacial score (nSPS) is 17.0. The van der Waals surface area contributed by atoms with Gasteiger partial charge in [-0.2, -0.15) is 0 Å². The van der Waals surface area contributed by atoms with E-state index in [1.807, 2.05) is 18.2 Å². The Labute approximate surface area is 127 Å². The highest BCUT2D eigenvalue weighted by Crippen LogP contribution is 2.25. The Balaban J connectivity index is 2.08. The van der Waals surface area contributed by atoms with E-state index >= 15 is 0 Å². The zero-order valence-electron chi connectivity index (χ0n) is 13.5. The fourth-order valence-electron chi connectivity index (χ4n) is 2.67. The molecule has 1 N–H and O–H groups in total. The van der Waals surface area contributed by atoms with Gasteiger partial charge in [-0.25, -0.2) is 0 Å². The molecule has 0 radical (unpaired) electrons. The van der Waals surface area contributed by atoms with Crippen LogP contribution in [0.15, 0.2) is 18.2 Å². The molecule has 1 saturated heterocycles. The fourth-order valence-corrected chi connectivity index (χ4v) is 2.67. The van der Waals surface area contributed by atoms with Gasteiger partial charge >= 0.3 is 0 Å².